The summed E-state index contributed by atoms with van der Waals surface area (Å²) >= 11 is 0. The molecule has 0 aliphatic rings. The van der Waals surface area contributed by atoms with Crippen LogP contribution in [0.4, 0.5) is 0 Å². The fourth-order valence-corrected chi connectivity index (χ4v) is 2.89. The summed E-state index contributed by atoms with van der Waals surface area (Å²) in [5.41, 5.74) is 0. The highest BCUT2D eigenvalue weighted by Crippen LogP contribution is 2.32. The maximum absolute atomic E-state index is 12.1. The van der Waals surface area contributed by atoms with Gasteiger partial charge >= 0.3 is 11.9 Å². The molecule has 0 aliphatic carbocycles. The quantitative estimate of drug-likeness (QED) is 0.528. The van der Waals surface area contributed by atoms with Gasteiger partial charge in [-0.2, -0.15) is 0 Å². The van der Waals surface area contributed by atoms with Gasteiger partial charge in [0.05, 0.1) is 0 Å². The van der Waals surface area contributed by atoms with Crippen LogP contribution < -0.4 is 0 Å². The Morgan fingerprint density at radius 2 is 0.917 bits per heavy atom. The molecule has 0 heterocycles. The van der Waals surface area contributed by atoms with Crippen LogP contribution in [-0.2, 0) is 19.2 Å². The summed E-state index contributed by atoms with van der Waals surface area (Å²) in [6.45, 7) is 9.48. The largest absolute Gasteiger partial charge is 0.475 e. The third kappa shape index (κ3) is 7.23. The molecule has 0 amide bonds. The average molecular weight is 342 g/mol. The monoisotopic (exact) mass is 342 g/mol. The lowest BCUT2D eigenvalue weighted by molar-refractivity contribution is -0.155. The number of aliphatic carboxylic acids is 2. The van der Waals surface area contributed by atoms with E-state index in [2.05, 4.69) is 0 Å². The predicted octanol–water partition coefficient (Wildman–Crippen LogP) is 3.03. The number of carboxylic acid groups (broad SMARTS) is 2. The third-order valence-electron chi connectivity index (χ3n) is 4.47. The van der Waals surface area contributed by atoms with Gasteiger partial charge in [0.25, 0.3) is 0 Å². The van der Waals surface area contributed by atoms with Gasteiger partial charge in [0, 0.05) is 11.8 Å². The molecule has 0 aromatic heterocycles. The SMILES string of the molecule is CC(C)CCC(C(=O)C(=O)O)C(C)C(CCC(C)C)C(=O)C(=O)O. The van der Waals surface area contributed by atoms with E-state index in [4.69, 9.17) is 10.2 Å². The molecule has 2 N–H and O–H groups in total. The number of ketones is 2. The molecule has 24 heavy (non-hydrogen) atoms. The van der Waals surface area contributed by atoms with Gasteiger partial charge in [-0.25, -0.2) is 9.59 Å². The summed E-state index contributed by atoms with van der Waals surface area (Å²) in [7, 11) is 0. The number of carbonyl (C=O) groups excluding carboxylic acids is 2. The van der Waals surface area contributed by atoms with Gasteiger partial charge in [0.15, 0.2) is 0 Å². The van der Waals surface area contributed by atoms with Crippen LogP contribution in [0.5, 0.6) is 0 Å². The summed E-state index contributed by atoms with van der Waals surface area (Å²) in [4.78, 5) is 46.4. The molecule has 0 saturated carbocycles. The molecule has 0 radical (unpaired) electrons. The Kier molecular flexibility index (Phi) is 9.48. The number of hydrogen-bond donors (Lipinski definition) is 2. The number of rotatable bonds is 12. The molecule has 2 unspecified atom stereocenters. The molecule has 6 nitrogen and oxygen atoms in total. The first-order chi connectivity index (χ1) is 11.0. The Morgan fingerprint density at radius 3 is 1.12 bits per heavy atom. The van der Waals surface area contributed by atoms with Crippen molar-refractivity contribution < 1.29 is 29.4 Å². The van der Waals surface area contributed by atoms with E-state index in [0.29, 0.717) is 25.7 Å². The Hall–Kier alpha value is -1.72. The van der Waals surface area contributed by atoms with E-state index in [9.17, 15) is 19.2 Å². The van der Waals surface area contributed by atoms with Crippen molar-refractivity contribution in [2.75, 3.05) is 0 Å². The number of carboxylic acids is 2. The lowest BCUT2D eigenvalue weighted by atomic mass is 9.73. The molecular formula is C18H30O6. The van der Waals surface area contributed by atoms with Crippen molar-refractivity contribution >= 4 is 23.5 Å². The third-order valence-corrected chi connectivity index (χ3v) is 4.47. The Labute approximate surface area is 143 Å². The maximum Gasteiger partial charge on any atom is 0.372 e. The minimum absolute atomic E-state index is 0.283. The summed E-state index contributed by atoms with van der Waals surface area (Å²) in [5, 5.41) is 18.1. The van der Waals surface area contributed by atoms with Gasteiger partial charge in [-0.3, -0.25) is 9.59 Å². The van der Waals surface area contributed by atoms with Crippen molar-refractivity contribution in [3.05, 3.63) is 0 Å². The van der Waals surface area contributed by atoms with Crippen LogP contribution in [0.15, 0.2) is 0 Å². The summed E-state index contributed by atoms with van der Waals surface area (Å²) in [6, 6.07) is 0. The Morgan fingerprint density at radius 1 is 0.625 bits per heavy atom. The van der Waals surface area contributed by atoms with Gasteiger partial charge in [-0.05, 0) is 30.6 Å². The van der Waals surface area contributed by atoms with Crippen molar-refractivity contribution in [2.24, 2.45) is 29.6 Å². The van der Waals surface area contributed by atoms with E-state index in [1.807, 2.05) is 27.7 Å². The van der Waals surface area contributed by atoms with Crippen molar-refractivity contribution in [1.82, 2.24) is 0 Å². The number of hydrogen-bond acceptors (Lipinski definition) is 4. The van der Waals surface area contributed by atoms with Crippen LogP contribution in [0, 0.1) is 29.6 Å². The topological polar surface area (TPSA) is 109 Å². The molecule has 0 saturated heterocycles. The summed E-state index contributed by atoms with van der Waals surface area (Å²) < 4.78 is 0. The Balaban J connectivity index is 5.47. The van der Waals surface area contributed by atoms with Crippen LogP contribution in [-0.4, -0.2) is 33.7 Å². The minimum Gasteiger partial charge on any atom is -0.475 e. The van der Waals surface area contributed by atoms with Crippen molar-refractivity contribution in [3.8, 4) is 0 Å². The van der Waals surface area contributed by atoms with Crippen molar-refractivity contribution in [2.45, 2.75) is 60.3 Å². The second kappa shape index (κ2) is 10.2. The lowest BCUT2D eigenvalue weighted by Gasteiger charge is -2.28. The van der Waals surface area contributed by atoms with E-state index in [1.54, 1.807) is 6.92 Å². The number of carbonyl (C=O) groups is 4. The van der Waals surface area contributed by atoms with Crippen LogP contribution in [0.25, 0.3) is 0 Å². The first kappa shape index (κ1) is 22.3. The molecule has 138 valence electrons. The molecule has 0 fully saturated rings. The Bertz CT molecular complexity index is 424. The second-order valence-corrected chi connectivity index (χ2v) is 7.35. The normalized spacial score (nSPS) is 15.1. The smallest absolute Gasteiger partial charge is 0.372 e. The van der Waals surface area contributed by atoms with Gasteiger partial charge in [-0.1, -0.05) is 47.5 Å². The van der Waals surface area contributed by atoms with Crippen molar-refractivity contribution in [1.29, 1.82) is 0 Å². The lowest BCUT2D eigenvalue weighted by Crippen LogP contribution is -2.38. The van der Waals surface area contributed by atoms with E-state index in [0.717, 1.165) is 0 Å². The summed E-state index contributed by atoms with van der Waals surface area (Å²) in [5.74, 6) is -6.66. The van der Waals surface area contributed by atoms with Gasteiger partial charge < -0.3 is 10.2 Å². The molecule has 6 heteroatoms. The molecule has 0 bridgehead atoms. The van der Waals surface area contributed by atoms with E-state index < -0.39 is 41.3 Å². The van der Waals surface area contributed by atoms with Gasteiger partial charge in [0.1, 0.15) is 0 Å². The van der Waals surface area contributed by atoms with Gasteiger partial charge in [-0.15, -0.1) is 0 Å². The average Bonchev–Trinajstić information content (AvgIpc) is 2.46. The van der Waals surface area contributed by atoms with E-state index in [1.165, 1.54) is 0 Å². The van der Waals surface area contributed by atoms with Crippen molar-refractivity contribution in [3.63, 3.8) is 0 Å². The zero-order valence-corrected chi connectivity index (χ0v) is 15.2. The summed E-state index contributed by atoms with van der Waals surface area (Å²) in [6.07, 6.45) is 1.97. The molecular weight excluding hydrogens is 312 g/mol. The zero-order chi connectivity index (χ0) is 19.0. The second-order valence-electron chi connectivity index (χ2n) is 7.35. The highest BCUT2D eigenvalue weighted by Gasteiger charge is 2.38. The number of Topliss-reactive ketones (excluding diaryl/α,β-unsaturated/α-hetero) is 2. The first-order valence-corrected chi connectivity index (χ1v) is 8.53. The molecule has 0 aromatic carbocycles. The molecule has 0 aliphatic heterocycles. The zero-order valence-electron chi connectivity index (χ0n) is 15.2. The fourth-order valence-electron chi connectivity index (χ4n) is 2.89. The van der Waals surface area contributed by atoms with E-state index in [-0.39, 0.29) is 11.8 Å². The standard InChI is InChI=1S/C18H30O6/c1-10(2)6-8-13(15(19)17(21)22)12(5)14(9-7-11(3)4)16(20)18(23)24/h10-14H,6-9H2,1-5H3,(H,21,22)(H,23,24). The molecule has 0 aromatic rings. The van der Waals surface area contributed by atoms with Crippen LogP contribution in [0.3, 0.4) is 0 Å². The van der Waals surface area contributed by atoms with Crippen LogP contribution >= 0.6 is 0 Å². The minimum atomic E-state index is -1.53. The van der Waals surface area contributed by atoms with Crippen LogP contribution in [0.1, 0.15) is 60.3 Å². The molecule has 0 rings (SSSR count). The maximum atomic E-state index is 12.1. The highest BCUT2D eigenvalue weighted by molar-refractivity contribution is 6.35. The van der Waals surface area contributed by atoms with Gasteiger partial charge in [0.2, 0.25) is 11.6 Å². The van der Waals surface area contributed by atoms with Crippen LogP contribution in [0.2, 0.25) is 0 Å². The fraction of sp³-hybridized carbons (Fsp3) is 0.778. The predicted molar refractivity (Wildman–Crippen MR) is 89.6 cm³/mol. The van der Waals surface area contributed by atoms with E-state index >= 15 is 0 Å². The molecule has 2 atom stereocenters. The highest BCUT2D eigenvalue weighted by atomic mass is 16.4. The molecule has 0 spiro atoms. The first-order valence-electron chi connectivity index (χ1n) is 8.53.